The van der Waals surface area contributed by atoms with Crippen molar-refractivity contribution in [2.24, 2.45) is 0 Å². The molecule has 1 unspecified atom stereocenters. The van der Waals surface area contributed by atoms with Gasteiger partial charge >= 0.3 is 12.1 Å². The number of H-pyrrole nitrogens is 1. The van der Waals surface area contributed by atoms with Gasteiger partial charge in [0.05, 0.1) is 23.3 Å². The highest BCUT2D eigenvalue weighted by atomic mass is 19.4. The van der Waals surface area contributed by atoms with Gasteiger partial charge in [0.15, 0.2) is 5.92 Å². The van der Waals surface area contributed by atoms with E-state index in [1.54, 1.807) is 6.07 Å². The van der Waals surface area contributed by atoms with Crippen LogP contribution in [0.25, 0.3) is 22.2 Å². The molecule has 0 bridgehead atoms. The Bertz CT molecular complexity index is 1030. The number of hydrogen-bond donors (Lipinski definition) is 1. The summed E-state index contributed by atoms with van der Waals surface area (Å²) in [6.07, 6.45) is -4.95. The molecule has 6 nitrogen and oxygen atoms in total. The number of nitro groups is 1. The van der Waals surface area contributed by atoms with Crippen LogP contribution in [0.15, 0.2) is 48.5 Å². The summed E-state index contributed by atoms with van der Waals surface area (Å²) in [5, 5.41) is 11.5. The van der Waals surface area contributed by atoms with Gasteiger partial charge in [-0.3, -0.25) is 14.9 Å². The lowest BCUT2D eigenvalue weighted by Gasteiger charge is -2.19. The van der Waals surface area contributed by atoms with Crippen LogP contribution in [0.2, 0.25) is 0 Å². The normalized spacial score (nSPS) is 12.7. The first kappa shape index (κ1) is 18.4. The molecular weight excluding hydrogens is 365 g/mol. The number of halogens is 3. The van der Waals surface area contributed by atoms with Gasteiger partial charge in [0, 0.05) is 22.5 Å². The van der Waals surface area contributed by atoms with Gasteiger partial charge in [0.25, 0.3) is 5.69 Å². The minimum Gasteiger partial charge on any atom is -0.468 e. The lowest BCUT2D eigenvalue weighted by atomic mass is 9.92. The summed E-state index contributed by atoms with van der Waals surface area (Å²) in [4.78, 5) is 25.5. The summed E-state index contributed by atoms with van der Waals surface area (Å²) in [5.41, 5.74) is -0.655. The van der Waals surface area contributed by atoms with Crippen molar-refractivity contribution in [3.8, 4) is 11.3 Å². The summed E-state index contributed by atoms with van der Waals surface area (Å²) < 4.78 is 45.6. The number of alkyl halides is 3. The Morgan fingerprint density at radius 1 is 1.15 bits per heavy atom. The van der Waals surface area contributed by atoms with Crippen molar-refractivity contribution >= 4 is 22.6 Å². The van der Waals surface area contributed by atoms with E-state index in [1.807, 2.05) is 0 Å². The summed E-state index contributed by atoms with van der Waals surface area (Å²) >= 11 is 0. The molecule has 1 aromatic heterocycles. The fourth-order valence-electron chi connectivity index (χ4n) is 3.05. The molecule has 9 heteroatoms. The van der Waals surface area contributed by atoms with Gasteiger partial charge < -0.3 is 9.72 Å². The van der Waals surface area contributed by atoms with Crippen LogP contribution in [0.5, 0.6) is 0 Å². The maximum absolute atomic E-state index is 13.8. The third-order valence-corrected chi connectivity index (χ3v) is 4.17. The van der Waals surface area contributed by atoms with Crippen molar-refractivity contribution in [1.82, 2.24) is 4.98 Å². The molecule has 1 N–H and O–H groups in total. The van der Waals surface area contributed by atoms with Crippen LogP contribution >= 0.6 is 0 Å². The number of nitro benzene ring substituents is 1. The number of benzene rings is 2. The first-order valence-electron chi connectivity index (χ1n) is 7.74. The summed E-state index contributed by atoms with van der Waals surface area (Å²) in [6.45, 7) is 0. The van der Waals surface area contributed by atoms with E-state index in [0.717, 1.165) is 7.11 Å². The highest BCUT2D eigenvalue weighted by Gasteiger charge is 2.49. The summed E-state index contributed by atoms with van der Waals surface area (Å²) in [6, 6.07) is 11.5. The van der Waals surface area contributed by atoms with Crippen molar-refractivity contribution in [3.63, 3.8) is 0 Å². The van der Waals surface area contributed by atoms with E-state index < -0.39 is 28.6 Å². The number of hydrogen-bond acceptors (Lipinski definition) is 4. The molecule has 2 aromatic carbocycles. The molecule has 0 aliphatic carbocycles. The number of aromatic amines is 1. The van der Waals surface area contributed by atoms with E-state index in [-0.39, 0.29) is 22.3 Å². The minimum atomic E-state index is -4.95. The van der Waals surface area contributed by atoms with Gasteiger partial charge in [-0.05, 0) is 12.1 Å². The Morgan fingerprint density at radius 2 is 1.78 bits per heavy atom. The van der Waals surface area contributed by atoms with Gasteiger partial charge in [-0.1, -0.05) is 30.3 Å². The van der Waals surface area contributed by atoms with Gasteiger partial charge in [-0.2, -0.15) is 13.2 Å². The molecule has 0 fully saturated rings. The smallest absolute Gasteiger partial charge is 0.406 e. The molecular formula is C18H13F3N2O4. The Hall–Kier alpha value is -3.36. The molecule has 140 valence electrons. The monoisotopic (exact) mass is 378 g/mol. The maximum atomic E-state index is 13.8. The van der Waals surface area contributed by atoms with Crippen molar-refractivity contribution < 1.29 is 27.6 Å². The highest BCUT2D eigenvalue weighted by Crippen LogP contribution is 2.45. The number of nitrogens with one attached hydrogen (secondary N) is 1. The summed E-state index contributed by atoms with van der Waals surface area (Å²) in [5.74, 6) is -4.08. The second-order valence-corrected chi connectivity index (χ2v) is 5.73. The third kappa shape index (κ3) is 3.23. The van der Waals surface area contributed by atoms with Crippen LogP contribution in [0.3, 0.4) is 0 Å². The quantitative estimate of drug-likeness (QED) is 0.410. The average Bonchev–Trinajstić information content (AvgIpc) is 2.99. The molecule has 1 atom stereocenters. The number of esters is 1. The topological polar surface area (TPSA) is 85.2 Å². The van der Waals surface area contributed by atoms with Crippen LogP contribution in [0.1, 0.15) is 11.5 Å². The number of nitrogens with zero attached hydrogens (tertiary/aromatic N) is 1. The van der Waals surface area contributed by atoms with Gasteiger partial charge in [-0.25, -0.2) is 0 Å². The Labute approximate surface area is 150 Å². The minimum absolute atomic E-state index is 0.0492. The van der Waals surface area contributed by atoms with E-state index in [0.29, 0.717) is 5.52 Å². The standard InChI is InChI=1S/C18H13F3N2O4/c1-27-17(24)15(18(19,20)21)14-10-6-2-4-8-12(10)22-16(14)11-7-3-5-9-13(11)23(25)26/h2-9,15,22H,1H3. The molecule has 0 spiro atoms. The number of carbonyl (C=O) groups excluding carboxylic acids is 1. The van der Waals surface area contributed by atoms with E-state index in [2.05, 4.69) is 9.72 Å². The first-order valence-corrected chi connectivity index (χ1v) is 7.74. The van der Waals surface area contributed by atoms with E-state index >= 15 is 0 Å². The molecule has 0 aliphatic heterocycles. The number of rotatable bonds is 4. The lowest BCUT2D eigenvalue weighted by molar-refractivity contribution is -0.384. The molecule has 3 rings (SSSR count). The van der Waals surface area contributed by atoms with Crippen molar-refractivity contribution in [3.05, 3.63) is 64.2 Å². The molecule has 0 saturated carbocycles. The van der Waals surface area contributed by atoms with Gasteiger partial charge in [0.1, 0.15) is 0 Å². The van der Waals surface area contributed by atoms with Gasteiger partial charge in [-0.15, -0.1) is 0 Å². The largest absolute Gasteiger partial charge is 0.468 e. The molecule has 0 radical (unpaired) electrons. The predicted molar refractivity (Wildman–Crippen MR) is 91.2 cm³/mol. The Morgan fingerprint density at radius 3 is 2.41 bits per heavy atom. The van der Waals surface area contributed by atoms with Crippen LogP contribution in [-0.4, -0.2) is 29.2 Å². The molecule has 0 amide bonds. The third-order valence-electron chi connectivity index (χ3n) is 4.17. The number of para-hydroxylation sites is 2. The van der Waals surface area contributed by atoms with E-state index in [9.17, 15) is 28.1 Å². The predicted octanol–water partition coefficient (Wildman–Crippen LogP) is 4.56. The molecule has 3 aromatic rings. The second kappa shape index (κ2) is 6.75. The van der Waals surface area contributed by atoms with Crippen molar-refractivity contribution in [2.75, 3.05) is 7.11 Å². The Kier molecular flexibility index (Phi) is 4.61. The molecule has 27 heavy (non-hydrogen) atoms. The zero-order valence-electron chi connectivity index (χ0n) is 13.9. The number of ether oxygens (including phenoxy) is 1. The average molecular weight is 378 g/mol. The van der Waals surface area contributed by atoms with Crippen LogP contribution in [0.4, 0.5) is 18.9 Å². The zero-order valence-corrected chi connectivity index (χ0v) is 13.9. The maximum Gasteiger partial charge on any atom is 0.406 e. The molecule has 0 aliphatic rings. The second-order valence-electron chi connectivity index (χ2n) is 5.73. The Balaban J connectivity index is 2.41. The van der Waals surface area contributed by atoms with Crippen molar-refractivity contribution in [1.29, 1.82) is 0 Å². The van der Waals surface area contributed by atoms with Gasteiger partial charge in [0.2, 0.25) is 0 Å². The zero-order chi connectivity index (χ0) is 19.8. The first-order chi connectivity index (χ1) is 12.8. The van der Waals surface area contributed by atoms with E-state index in [1.165, 1.54) is 42.5 Å². The lowest BCUT2D eigenvalue weighted by Crippen LogP contribution is -2.29. The van der Waals surface area contributed by atoms with Crippen LogP contribution in [-0.2, 0) is 9.53 Å². The number of carbonyl (C=O) groups is 1. The van der Waals surface area contributed by atoms with Crippen LogP contribution < -0.4 is 0 Å². The number of aromatic nitrogens is 1. The molecule has 0 saturated heterocycles. The highest BCUT2D eigenvalue weighted by molar-refractivity contribution is 5.97. The molecule has 1 heterocycles. The SMILES string of the molecule is COC(=O)C(c1c(-c2ccccc2[N+](=O)[O-])[nH]c2ccccc12)C(F)(F)F. The fourth-order valence-corrected chi connectivity index (χ4v) is 3.05. The number of methoxy groups -OCH3 is 1. The summed E-state index contributed by atoms with van der Waals surface area (Å²) in [7, 11) is 0.862. The van der Waals surface area contributed by atoms with Crippen LogP contribution in [0, 0.1) is 10.1 Å². The fraction of sp³-hybridized carbons (Fsp3) is 0.167. The van der Waals surface area contributed by atoms with Crippen molar-refractivity contribution in [2.45, 2.75) is 12.1 Å². The van der Waals surface area contributed by atoms with E-state index in [4.69, 9.17) is 0 Å². The number of fused-ring (bicyclic) bond motifs is 1.